The maximum atomic E-state index is 5.45. The smallest absolute Gasteiger partial charge is 0.0551 e. The molecule has 0 bridgehead atoms. The van der Waals surface area contributed by atoms with Crippen molar-refractivity contribution in [2.24, 2.45) is 5.92 Å². The second kappa shape index (κ2) is 3.35. The molecular weight excluding hydrogens is 126 g/mol. The van der Waals surface area contributed by atoms with Crippen molar-refractivity contribution >= 4 is 0 Å². The summed E-state index contributed by atoms with van der Waals surface area (Å²) in [5, 5.41) is 3.25. The lowest BCUT2D eigenvalue weighted by atomic mass is 9.99. The maximum Gasteiger partial charge on any atom is 0.0551 e. The average Bonchev–Trinajstić information content (AvgIpc) is 2.34. The number of hydrogen-bond donors (Lipinski definition) is 1. The van der Waals surface area contributed by atoms with E-state index in [1.807, 2.05) is 7.05 Å². The van der Waals surface area contributed by atoms with E-state index in [4.69, 9.17) is 4.74 Å². The molecule has 1 saturated heterocycles. The standard InChI is InChI=1S/C8H17NO/c1-6-4-8(5-10-6)7(2)9-3/h6-9H,4-5H2,1-3H3. The highest BCUT2D eigenvalue weighted by Gasteiger charge is 2.25. The van der Waals surface area contributed by atoms with Crippen LogP contribution in [-0.2, 0) is 4.74 Å². The molecule has 1 rings (SSSR count). The molecule has 60 valence electrons. The fourth-order valence-corrected chi connectivity index (χ4v) is 1.43. The monoisotopic (exact) mass is 143 g/mol. The number of ether oxygens (including phenoxy) is 1. The zero-order valence-electron chi connectivity index (χ0n) is 7.05. The van der Waals surface area contributed by atoms with Gasteiger partial charge in [-0.2, -0.15) is 0 Å². The van der Waals surface area contributed by atoms with Crippen molar-refractivity contribution < 1.29 is 4.74 Å². The van der Waals surface area contributed by atoms with Crippen LogP contribution in [-0.4, -0.2) is 25.8 Å². The van der Waals surface area contributed by atoms with Gasteiger partial charge < -0.3 is 10.1 Å². The minimum atomic E-state index is 0.473. The molecule has 3 atom stereocenters. The van der Waals surface area contributed by atoms with Crippen LogP contribution in [0.4, 0.5) is 0 Å². The van der Waals surface area contributed by atoms with E-state index in [2.05, 4.69) is 19.2 Å². The van der Waals surface area contributed by atoms with E-state index < -0.39 is 0 Å². The van der Waals surface area contributed by atoms with Crippen molar-refractivity contribution in [3.63, 3.8) is 0 Å². The number of hydrogen-bond acceptors (Lipinski definition) is 2. The van der Waals surface area contributed by atoms with Gasteiger partial charge in [-0.15, -0.1) is 0 Å². The predicted octanol–water partition coefficient (Wildman–Crippen LogP) is 1.02. The van der Waals surface area contributed by atoms with Crippen LogP contribution in [0.2, 0.25) is 0 Å². The summed E-state index contributed by atoms with van der Waals surface area (Å²) in [6.45, 7) is 5.29. The first-order valence-corrected chi connectivity index (χ1v) is 4.03. The molecule has 0 aromatic heterocycles. The lowest BCUT2D eigenvalue weighted by molar-refractivity contribution is 0.117. The Labute approximate surface area is 63.0 Å². The summed E-state index contributed by atoms with van der Waals surface area (Å²) in [6.07, 6.45) is 1.68. The van der Waals surface area contributed by atoms with Crippen molar-refractivity contribution in [1.29, 1.82) is 0 Å². The summed E-state index contributed by atoms with van der Waals surface area (Å²) in [5.74, 6) is 0.722. The lowest BCUT2D eigenvalue weighted by Crippen LogP contribution is -2.30. The fraction of sp³-hybridized carbons (Fsp3) is 1.00. The molecular formula is C8H17NO. The van der Waals surface area contributed by atoms with Gasteiger partial charge in [-0.25, -0.2) is 0 Å². The van der Waals surface area contributed by atoms with Gasteiger partial charge in [-0.05, 0) is 33.2 Å². The van der Waals surface area contributed by atoms with Gasteiger partial charge in [0.15, 0.2) is 0 Å². The van der Waals surface area contributed by atoms with Gasteiger partial charge in [-0.1, -0.05) is 0 Å². The van der Waals surface area contributed by atoms with E-state index in [0.29, 0.717) is 12.1 Å². The Morgan fingerprint density at radius 3 is 2.70 bits per heavy atom. The Morgan fingerprint density at radius 1 is 1.60 bits per heavy atom. The number of rotatable bonds is 2. The third kappa shape index (κ3) is 1.70. The van der Waals surface area contributed by atoms with Crippen molar-refractivity contribution in [3.8, 4) is 0 Å². The van der Waals surface area contributed by atoms with Gasteiger partial charge in [0.05, 0.1) is 12.7 Å². The minimum absolute atomic E-state index is 0.473. The van der Waals surface area contributed by atoms with Crippen LogP contribution in [0.15, 0.2) is 0 Å². The Bertz CT molecular complexity index is 105. The molecule has 2 heteroatoms. The van der Waals surface area contributed by atoms with Crippen LogP contribution < -0.4 is 5.32 Å². The quantitative estimate of drug-likeness (QED) is 0.623. The summed E-state index contributed by atoms with van der Waals surface area (Å²) in [6, 6.07) is 0.602. The lowest BCUT2D eigenvalue weighted by Gasteiger charge is -2.15. The molecule has 0 saturated carbocycles. The molecule has 1 aliphatic rings. The van der Waals surface area contributed by atoms with E-state index in [9.17, 15) is 0 Å². The van der Waals surface area contributed by atoms with Crippen molar-refractivity contribution in [2.45, 2.75) is 32.4 Å². The van der Waals surface area contributed by atoms with E-state index in [-0.39, 0.29) is 0 Å². The summed E-state index contributed by atoms with van der Waals surface area (Å²) >= 11 is 0. The molecule has 2 nitrogen and oxygen atoms in total. The molecule has 0 radical (unpaired) electrons. The van der Waals surface area contributed by atoms with E-state index in [1.165, 1.54) is 6.42 Å². The largest absolute Gasteiger partial charge is 0.378 e. The molecule has 0 aromatic carbocycles. The van der Waals surface area contributed by atoms with Gasteiger partial charge in [-0.3, -0.25) is 0 Å². The van der Waals surface area contributed by atoms with E-state index in [0.717, 1.165) is 12.5 Å². The first-order valence-electron chi connectivity index (χ1n) is 4.03. The van der Waals surface area contributed by atoms with Gasteiger partial charge >= 0.3 is 0 Å². The Hall–Kier alpha value is -0.0800. The van der Waals surface area contributed by atoms with E-state index in [1.54, 1.807) is 0 Å². The first kappa shape index (κ1) is 8.02. The Morgan fingerprint density at radius 2 is 2.30 bits per heavy atom. The van der Waals surface area contributed by atoms with Crippen LogP contribution in [0.1, 0.15) is 20.3 Å². The Balaban J connectivity index is 2.29. The third-order valence-electron chi connectivity index (χ3n) is 2.39. The second-order valence-electron chi connectivity index (χ2n) is 3.22. The molecule has 0 aliphatic carbocycles. The third-order valence-corrected chi connectivity index (χ3v) is 2.39. The first-order chi connectivity index (χ1) is 4.74. The molecule has 0 amide bonds. The van der Waals surface area contributed by atoms with Gasteiger partial charge in [0.2, 0.25) is 0 Å². The van der Waals surface area contributed by atoms with Crippen LogP contribution in [0, 0.1) is 5.92 Å². The highest BCUT2D eigenvalue weighted by atomic mass is 16.5. The normalized spacial score (nSPS) is 36.3. The molecule has 10 heavy (non-hydrogen) atoms. The van der Waals surface area contributed by atoms with Crippen LogP contribution in [0.5, 0.6) is 0 Å². The summed E-state index contributed by atoms with van der Waals surface area (Å²) in [4.78, 5) is 0. The molecule has 1 heterocycles. The summed E-state index contributed by atoms with van der Waals surface area (Å²) < 4.78 is 5.45. The van der Waals surface area contributed by atoms with Crippen molar-refractivity contribution in [3.05, 3.63) is 0 Å². The molecule has 1 N–H and O–H groups in total. The topological polar surface area (TPSA) is 21.3 Å². The highest BCUT2D eigenvalue weighted by molar-refractivity contribution is 4.77. The fourth-order valence-electron chi connectivity index (χ4n) is 1.43. The molecule has 0 aromatic rings. The van der Waals surface area contributed by atoms with E-state index >= 15 is 0 Å². The Kier molecular flexibility index (Phi) is 2.69. The molecule has 3 unspecified atom stereocenters. The molecule has 1 aliphatic heterocycles. The van der Waals surface area contributed by atoms with Gasteiger partial charge in [0.1, 0.15) is 0 Å². The van der Waals surface area contributed by atoms with Gasteiger partial charge in [0.25, 0.3) is 0 Å². The zero-order valence-corrected chi connectivity index (χ0v) is 7.05. The van der Waals surface area contributed by atoms with Crippen molar-refractivity contribution in [1.82, 2.24) is 5.32 Å². The summed E-state index contributed by atoms with van der Waals surface area (Å²) in [7, 11) is 2.01. The van der Waals surface area contributed by atoms with Crippen LogP contribution in [0.25, 0.3) is 0 Å². The van der Waals surface area contributed by atoms with Gasteiger partial charge in [0, 0.05) is 6.04 Å². The predicted molar refractivity (Wildman–Crippen MR) is 42.0 cm³/mol. The van der Waals surface area contributed by atoms with Crippen LogP contribution >= 0.6 is 0 Å². The zero-order chi connectivity index (χ0) is 7.56. The van der Waals surface area contributed by atoms with Crippen LogP contribution in [0.3, 0.4) is 0 Å². The highest BCUT2D eigenvalue weighted by Crippen LogP contribution is 2.21. The summed E-state index contributed by atoms with van der Waals surface area (Å²) in [5.41, 5.74) is 0. The average molecular weight is 143 g/mol. The number of nitrogens with one attached hydrogen (secondary N) is 1. The second-order valence-corrected chi connectivity index (χ2v) is 3.22. The molecule has 1 fully saturated rings. The minimum Gasteiger partial charge on any atom is -0.378 e. The SMILES string of the molecule is CNC(C)C1COC(C)C1. The van der Waals surface area contributed by atoms with Crippen molar-refractivity contribution in [2.75, 3.05) is 13.7 Å². The molecule has 0 spiro atoms. The maximum absolute atomic E-state index is 5.45.